The summed E-state index contributed by atoms with van der Waals surface area (Å²) in [5, 5.41) is 9.06. The summed E-state index contributed by atoms with van der Waals surface area (Å²) < 4.78 is 15.2. The van der Waals surface area contributed by atoms with Crippen LogP contribution in [0.5, 0.6) is 0 Å². The van der Waals surface area contributed by atoms with E-state index in [4.69, 9.17) is 9.47 Å². The van der Waals surface area contributed by atoms with Crippen molar-refractivity contribution in [2.75, 3.05) is 45.4 Å². The van der Waals surface area contributed by atoms with Crippen molar-refractivity contribution < 1.29 is 33.4 Å². The van der Waals surface area contributed by atoms with Crippen molar-refractivity contribution in [3.8, 4) is 0 Å². The zero-order valence-corrected chi connectivity index (χ0v) is 41.2. The summed E-state index contributed by atoms with van der Waals surface area (Å²) >= 11 is 2.07. The number of carbonyl (C=O) groups excluding carboxylic acids is 5. The van der Waals surface area contributed by atoms with Crippen molar-refractivity contribution in [2.24, 2.45) is 23.7 Å². The molecular formula is C47H74IN7O7. The number of benzene rings is 2. The summed E-state index contributed by atoms with van der Waals surface area (Å²) in [6.07, 6.45) is 1.07. The van der Waals surface area contributed by atoms with Crippen molar-refractivity contribution in [3.63, 3.8) is 0 Å². The lowest BCUT2D eigenvalue weighted by molar-refractivity contribution is -0.148. The molecule has 14 nitrogen and oxygen atoms in total. The Morgan fingerprint density at radius 2 is 1.47 bits per heavy atom. The van der Waals surface area contributed by atoms with Gasteiger partial charge in [-0.15, -0.1) is 0 Å². The number of likely N-dealkylation sites (N-methyl/N-ethyl adjacent to an activating group) is 2. The van der Waals surface area contributed by atoms with E-state index >= 15 is 0 Å². The van der Waals surface area contributed by atoms with Crippen LogP contribution in [0.25, 0.3) is 0 Å². The van der Waals surface area contributed by atoms with Gasteiger partial charge in [0, 0.05) is 46.5 Å². The summed E-state index contributed by atoms with van der Waals surface area (Å²) in [5.74, 6) is -2.18. The minimum atomic E-state index is -0.852. The third kappa shape index (κ3) is 14.4. The number of rotatable bonds is 24. The molecule has 1 aliphatic rings. The molecular weight excluding hydrogens is 901 g/mol. The second-order valence-corrected chi connectivity index (χ2v) is 18.3. The van der Waals surface area contributed by atoms with Gasteiger partial charge in [-0.2, -0.15) is 0 Å². The van der Waals surface area contributed by atoms with Crippen LogP contribution in [0, 0.1) is 23.7 Å². The van der Waals surface area contributed by atoms with Crippen LogP contribution in [-0.4, -0.2) is 129 Å². The quantitative estimate of drug-likeness (QED) is 0.0794. The zero-order valence-electron chi connectivity index (χ0n) is 39.1. The van der Waals surface area contributed by atoms with Gasteiger partial charge in [0.2, 0.25) is 29.5 Å². The van der Waals surface area contributed by atoms with Crippen LogP contribution in [0.2, 0.25) is 0 Å². The van der Waals surface area contributed by atoms with Crippen LogP contribution in [0.3, 0.4) is 0 Å². The second-order valence-electron chi connectivity index (χ2n) is 17.7. The van der Waals surface area contributed by atoms with Gasteiger partial charge in [-0.25, -0.2) is 0 Å². The molecule has 0 spiro atoms. The van der Waals surface area contributed by atoms with Gasteiger partial charge in [-0.05, 0) is 68.0 Å². The van der Waals surface area contributed by atoms with Crippen LogP contribution in [0.4, 0.5) is 5.69 Å². The molecule has 1 fully saturated rings. The van der Waals surface area contributed by atoms with Gasteiger partial charge in [-0.1, -0.05) is 97.4 Å². The molecule has 4 N–H and O–H groups in total. The van der Waals surface area contributed by atoms with Crippen molar-refractivity contribution in [1.82, 2.24) is 30.7 Å². The Bertz CT molecular complexity index is 1720. The molecule has 1 saturated heterocycles. The van der Waals surface area contributed by atoms with E-state index in [1.807, 2.05) is 115 Å². The average molecular weight is 976 g/mol. The van der Waals surface area contributed by atoms with Gasteiger partial charge in [-0.3, -0.25) is 28.9 Å². The molecule has 1 heterocycles. The highest BCUT2D eigenvalue weighted by Gasteiger charge is 2.43. The Balaban J connectivity index is 1.79. The van der Waals surface area contributed by atoms with E-state index in [0.717, 1.165) is 29.7 Å². The lowest BCUT2D eigenvalue weighted by atomic mass is 9.89. The maximum absolute atomic E-state index is 14.4. The predicted octanol–water partition coefficient (Wildman–Crippen LogP) is 5.44. The van der Waals surface area contributed by atoms with Crippen molar-refractivity contribution in [3.05, 3.63) is 65.7 Å². The van der Waals surface area contributed by atoms with Gasteiger partial charge in [0.1, 0.15) is 12.1 Å². The molecule has 2 aromatic carbocycles. The van der Waals surface area contributed by atoms with Crippen LogP contribution >= 0.6 is 22.9 Å². The van der Waals surface area contributed by atoms with E-state index < -0.39 is 48.3 Å². The largest absolute Gasteiger partial charge is 0.379 e. The number of hydrogen-bond donors (Lipinski definition) is 4. The smallest absolute Gasteiger partial charge is 0.245 e. The van der Waals surface area contributed by atoms with Gasteiger partial charge < -0.3 is 38.8 Å². The van der Waals surface area contributed by atoms with Gasteiger partial charge in [0.25, 0.3) is 0 Å². The van der Waals surface area contributed by atoms with Crippen molar-refractivity contribution in [1.29, 1.82) is 0 Å². The first kappa shape index (κ1) is 52.5. The molecule has 1 aliphatic heterocycles. The molecule has 346 valence electrons. The molecule has 62 heavy (non-hydrogen) atoms. The fraction of sp³-hybridized carbons (Fsp3) is 0.638. The highest BCUT2D eigenvalue weighted by molar-refractivity contribution is 14.1. The van der Waals surface area contributed by atoms with Crippen molar-refractivity contribution >= 4 is 58.1 Å². The molecule has 5 amide bonds. The maximum Gasteiger partial charge on any atom is 0.245 e. The fourth-order valence-electron chi connectivity index (χ4n) is 8.77. The first-order valence-electron chi connectivity index (χ1n) is 22.1. The van der Waals surface area contributed by atoms with Crippen molar-refractivity contribution in [2.45, 2.75) is 130 Å². The lowest BCUT2D eigenvalue weighted by Gasteiger charge is -2.41. The third-order valence-electron chi connectivity index (χ3n) is 12.4. The van der Waals surface area contributed by atoms with Crippen LogP contribution in [0.15, 0.2) is 54.6 Å². The monoisotopic (exact) mass is 975 g/mol. The molecule has 3 rings (SSSR count). The molecule has 0 saturated carbocycles. The number of amides is 5. The van der Waals surface area contributed by atoms with Crippen LogP contribution < -0.4 is 19.5 Å². The van der Waals surface area contributed by atoms with Crippen LogP contribution in [0.1, 0.15) is 85.3 Å². The fourth-order valence-corrected chi connectivity index (χ4v) is 9.13. The first-order valence-corrected chi connectivity index (χ1v) is 23.1. The number of likely N-dealkylation sites (tertiary alicyclic amines) is 1. The second kappa shape index (κ2) is 25.5. The summed E-state index contributed by atoms with van der Waals surface area (Å²) in [4.78, 5) is 75.3. The number of anilines is 1. The zero-order chi connectivity index (χ0) is 46.3. The Kier molecular flexibility index (Phi) is 21.6. The number of carbonyl (C=O) groups is 5. The molecule has 0 bridgehead atoms. The number of hydrogen-bond acceptors (Lipinski definition) is 9. The van der Waals surface area contributed by atoms with Gasteiger partial charge in [0.15, 0.2) is 0 Å². The predicted molar refractivity (Wildman–Crippen MR) is 253 cm³/mol. The van der Waals surface area contributed by atoms with E-state index in [2.05, 4.69) is 42.3 Å². The number of ether oxygens (including phenoxy) is 2. The minimum Gasteiger partial charge on any atom is -0.379 e. The van der Waals surface area contributed by atoms with Gasteiger partial charge >= 0.3 is 0 Å². The summed E-state index contributed by atoms with van der Waals surface area (Å²) in [7, 11) is 8.55. The SMILES string of the molecule is CC[C@H](C)[C@@H]([C@@H](CC(=O)N1CCC[C@H]1[C@H](OC)[C@@H](C)C(=O)NC(Cc1ccccc1)C(=O)NCc1ccc(NI)cc1)OC)N(C)C(=O)[C@@H](NC(=O)[C@H](C(C)C)N(C)C)C(C)C. The molecule has 2 aromatic rings. The van der Waals surface area contributed by atoms with E-state index in [1.54, 1.807) is 38.0 Å². The molecule has 15 heteroatoms. The Morgan fingerprint density at radius 1 is 0.823 bits per heavy atom. The average Bonchev–Trinajstić information content (AvgIpc) is 3.73. The standard InChI is InChI=1S/C47H74IN7O7/c1-13-31(6)42(54(10)47(60)40(29(2)3)51-46(59)41(30(4)5)53(8)9)38(61-11)27-39(56)55-25-17-20-37(55)43(62-12)32(7)44(57)50-36(26-33-18-15-14-16-19-33)45(58)49-28-34-21-23-35(52-48)24-22-34/h14-16,18-19,21-24,29-32,36-38,40-43,52H,13,17,20,25-28H2,1-12H3,(H,49,58)(H,50,57)(H,51,59)/t31-,32+,36?,37-,38+,40-,41-,42-,43+/m0/s1. The maximum atomic E-state index is 14.4. The molecule has 1 unspecified atom stereocenters. The Hall–Kier alpha value is -3.80. The summed E-state index contributed by atoms with van der Waals surface area (Å²) in [6.45, 7) is 14.4. The highest BCUT2D eigenvalue weighted by Crippen LogP contribution is 2.30. The number of methoxy groups -OCH3 is 2. The summed E-state index contributed by atoms with van der Waals surface area (Å²) in [6, 6.07) is 14.4. The number of nitrogens with zero attached hydrogens (tertiary/aromatic N) is 3. The third-order valence-corrected chi connectivity index (χ3v) is 13.0. The first-order chi connectivity index (χ1) is 29.4. The van der Waals surface area contributed by atoms with E-state index in [9.17, 15) is 24.0 Å². The molecule has 0 radical (unpaired) electrons. The Labute approximate surface area is 384 Å². The number of nitrogens with one attached hydrogen (secondary N) is 4. The topological polar surface area (TPSA) is 162 Å². The van der Waals surface area contributed by atoms with E-state index in [0.29, 0.717) is 25.9 Å². The molecule has 9 atom stereocenters. The number of halogens is 1. The molecule has 0 aliphatic carbocycles. The van der Waals surface area contributed by atoms with Gasteiger partial charge in [0.05, 0.1) is 65.5 Å². The summed E-state index contributed by atoms with van der Waals surface area (Å²) in [5.41, 5.74) is 2.77. The highest BCUT2D eigenvalue weighted by atomic mass is 127. The molecule has 0 aromatic heterocycles. The lowest BCUT2D eigenvalue weighted by Crippen LogP contribution is -2.59. The van der Waals surface area contributed by atoms with E-state index in [1.165, 1.54) is 0 Å². The Morgan fingerprint density at radius 3 is 2.00 bits per heavy atom. The minimum absolute atomic E-state index is 0.00201. The van der Waals surface area contributed by atoms with Crippen LogP contribution in [-0.2, 0) is 46.4 Å². The van der Waals surface area contributed by atoms with E-state index in [-0.39, 0.29) is 53.7 Å². The normalized spacial score (nSPS) is 18.0.